The molecule has 0 amide bonds. The first-order valence-electron chi connectivity index (χ1n) is 6.79. The number of allylic oxidation sites excluding steroid dienone is 1. The summed E-state index contributed by atoms with van der Waals surface area (Å²) < 4.78 is 80.3. The number of aliphatic hydroxyl groups is 1. The SMILES string of the molecule is CCOC(=O)C(C(=N)Cc1cccc(C(F)(F)F)c1)=C(O)C(F)(F)F. The minimum absolute atomic E-state index is 0.156. The molecule has 0 bridgehead atoms. The number of carbonyl (C=O) groups is 1. The molecule has 0 aliphatic carbocycles. The van der Waals surface area contributed by atoms with Crippen molar-refractivity contribution in [1.29, 1.82) is 5.41 Å². The summed E-state index contributed by atoms with van der Waals surface area (Å²) in [5.41, 5.74) is -3.67. The molecule has 4 nitrogen and oxygen atoms in total. The van der Waals surface area contributed by atoms with Crippen LogP contribution in [0, 0.1) is 5.41 Å². The van der Waals surface area contributed by atoms with Gasteiger partial charge in [0.1, 0.15) is 5.57 Å². The molecule has 0 atom stereocenters. The Balaban J connectivity index is 3.23. The maximum Gasteiger partial charge on any atom is 0.449 e. The molecule has 1 rings (SSSR count). The minimum Gasteiger partial charge on any atom is -0.504 e. The zero-order valence-corrected chi connectivity index (χ0v) is 12.8. The molecule has 0 aliphatic heterocycles. The lowest BCUT2D eigenvalue weighted by molar-refractivity contribution is -0.142. The van der Waals surface area contributed by atoms with Gasteiger partial charge in [0.15, 0.2) is 0 Å². The van der Waals surface area contributed by atoms with Crippen LogP contribution in [-0.4, -0.2) is 29.6 Å². The summed E-state index contributed by atoms with van der Waals surface area (Å²) in [5.74, 6) is -3.92. The van der Waals surface area contributed by atoms with Crippen molar-refractivity contribution in [3.05, 3.63) is 46.7 Å². The number of hydrogen-bond acceptors (Lipinski definition) is 4. The second-order valence-corrected chi connectivity index (χ2v) is 4.80. The highest BCUT2D eigenvalue weighted by Gasteiger charge is 2.40. The van der Waals surface area contributed by atoms with Crippen LogP contribution < -0.4 is 0 Å². The second kappa shape index (κ2) is 7.58. The smallest absolute Gasteiger partial charge is 0.449 e. The summed E-state index contributed by atoms with van der Waals surface area (Å²) in [6.45, 7) is 0.987. The number of ether oxygens (including phenoxy) is 1. The number of esters is 1. The van der Waals surface area contributed by atoms with E-state index in [0.29, 0.717) is 6.07 Å². The van der Waals surface area contributed by atoms with E-state index in [0.717, 1.165) is 18.2 Å². The van der Waals surface area contributed by atoms with Crippen LogP contribution >= 0.6 is 0 Å². The third kappa shape index (κ3) is 5.50. The Morgan fingerprint density at radius 3 is 2.28 bits per heavy atom. The fraction of sp³-hybridized carbons (Fsp3) is 0.333. The van der Waals surface area contributed by atoms with Gasteiger partial charge in [0.25, 0.3) is 0 Å². The van der Waals surface area contributed by atoms with Gasteiger partial charge in [0, 0.05) is 6.42 Å². The van der Waals surface area contributed by atoms with Gasteiger partial charge in [-0.1, -0.05) is 18.2 Å². The number of alkyl halides is 6. The molecule has 0 unspecified atom stereocenters. The number of rotatable bonds is 5. The number of benzene rings is 1. The number of halogens is 6. The van der Waals surface area contributed by atoms with Crippen molar-refractivity contribution >= 4 is 11.7 Å². The lowest BCUT2D eigenvalue weighted by atomic mass is 9.99. The third-order valence-corrected chi connectivity index (χ3v) is 2.92. The van der Waals surface area contributed by atoms with Crippen LogP contribution in [0.1, 0.15) is 18.1 Å². The van der Waals surface area contributed by atoms with Crippen LogP contribution in [0.4, 0.5) is 26.3 Å². The summed E-state index contributed by atoms with van der Waals surface area (Å²) in [7, 11) is 0. The highest BCUT2D eigenvalue weighted by molar-refractivity contribution is 6.19. The van der Waals surface area contributed by atoms with E-state index < -0.39 is 47.4 Å². The number of hydrogen-bond donors (Lipinski definition) is 2. The molecule has 25 heavy (non-hydrogen) atoms. The Bertz CT molecular complexity index is 691. The zero-order chi connectivity index (χ0) is 19.4. The van der Waals surface area contributed by atoms with E-state index in [2.05, 4.69) is 4.74 Å². The summed E-state index contributed by atoms with van der Waals surface area (Å²) in [6.07, 6.45) is -10.7. The van der Waals surface area contributed by atoms with Crippen LogP contribution in [0.15, 0.2) is 35.6 Å². The molecule has 0 spiro atoms. The van der Waals surface area contributed by atoms with Gasteiger partial charge < -0.3 is 15.3 Å². The van der Waals surface area contributed by atoms with Crippen LogP contribution in [0.5, 0.6) is 0 Å². The molecule has 138 valence electrons. The molecule has 0 radical (unpaired) electrons. The Kier molecular flexibility index (Phi) is 6.22. The Hall–Kier alpha value is -2.52. The first-order chi connectivity index (χ1) is 11.4. The van der Waals surface area contributed by atoms with Crippen molar-refractivity contribution in [1.82, 2.24) is 0 Å². The first kappa shape index (κ1) is 20.5. The lowest BCUT2D eigenvalue weighted by Gasteiger charge is -2.14. The minimum atomic E-state index is -5.32. The van der Waals surface area contributed by atoms with E-state index in [1.165, 1.54) is 6.92 Å². The molecule has 10 heteroatoms. The van der Waals surface area contributed by atoms with Gasteiger partial charge in [0.05, 0.1) is 17.9 Å². The van der Waals surface area contributed by atoms with Crippen LogP contribution in [0.2, 0.25) is 0 Å². The maximum atomic E-state index is 12.7. The average molecular weight is 369 g/mol. The Morgan fingerprint density at radius 1 is 1.20 bits per heavy atom. The van der Waals surface area contributed by atoms with Crippen molar-refractivity contribution in [2.45, 2.75) is 25.7 Å². The molecule has 1 aromatic carbocycles. The topological polar surface area (TPSA) is 70.4 Å². The predicted octanol–water partition coefficient (Wildman–Crippen LogP) is 4.21. The first-order valence-corrected chi connectivity index (χ1v) is 6.79. The van der Waals surface area contributed by atoms with E-state index >= 15 is 0 Å². The number of nitrogens with one attached hydrogen (secondary N) is 1. The molecule has 0 heterocycles. The van der Waals surface area contributed by atoms with Crippen molar-refractivity contribution in [2.75, 3.05) is 6.61 Å². The quantitative estimate of drug-likeness (QED) is 0.269. The highest BCUT2D eigenvalue weighted by atomic mass is 19.4. The van der Waals surface area contributed by atoms with Gasteiger partial charge in [0.2, 0.25) is 5.76 Å². The lowest BCUT2D eigenvalue weighted by Crippen LogP contribution is -2.25. The van der Waals surface area contributed by atoms with Crippen molar-refractivity contribution in [2.24, 2.45) is 0 Å². The summed E-state index contributed by atoms with van der Waals surface area (Å²) in [4.78, 5) is 11.6. The number of carbonyl (C=O) groups excluding carboxylic acids is 1. The largest absolute Gasteiger partial charge is 0.504 e. The van der Waals surface area contributed by atoms with Crippen LogP contribution in [0.3, 0.4) is 0 Å². The fourth-order valence-corrected chi connectivity index (χ4v) is 1.86. The highest BCUT2D eigenvalue weighted by Crippen LogP contribution is 2.30. The molecule has 0 aromatic heterocycles. The second-order valence-electron chi connectivity index (χ2n) is 4.80. The summed E-state index contributed by atoms with van der Waals surface area (Å²) in [6, 6.07) is 3.56. The zero-order valence-electron chi connectivity index (χ0n) is 12.8. The monoisotopic (exact) mass is 369 g/mol. The molecular weight excluding hydrogens is 356 g/mol. The Labute approximate surface area is 138 Å². The van der Waals surface area contributed by atoms with Gasteiger partial charge >= 0.3 is 18.3 Å². The molecule has 0 saturated carbocycles. The van der Waals surface area contributed by atoms with Crippen molar-refractivity contribution in [3.8, 4) is 0 Å². The maximum absolute atomic E-state index is 12.7. The van der Waals surface area contributed by atoms with Gasteiger partial charge in [-0.3, -0.25) is 0 Å². The van der Waals surface area contributed by atoms with Crippen LogP contribution in [-0.2, 0) is 22.1 Å². The van der Waals surface area contributed by atoms with Gasteiger partial charge in [-0.25, -0.2) is 4.79 Å². The van der Waals surface area contributed by atoms with E-state index in [1.807, 2.05) is 0 Å². The van der Waals surface area contributed by atoms with E-state index in [9.17, 15) is 36.2 Å². The van der Waals surface area contributed by atoms with Crippen molar-refractivity contribution in [3.63, 3.8) is 0 Å². The molecule has 2 N–H and O–H groups in total. The average Bonchev–Trinajstić information content (AvgIpc) is 2.46. The van der Waals surface area contributed by atoms with E-state index in [1.54, 1.807) is 0 Å². The molecule has 0 fully saturated rings. The van der Waals surface area contributed by atoms with Crippen LogP contribution in [0.25, 0.3) is 0 Å². The van der Waals surface area contributed by atoms with Gasteiger partial charge in [-0.05, 0) is 18.6 Å². The third-order valence-electron chi connectivity index (χ3n) is 2.92. The van der Waals surface area contributed by atoms with E-state index in [4.69, 9.17) is 5.41 Å². The molecule has 0 saturated heterocycles. The predicted molar refractivity (Wildman–Crippen MR) is 75.2 cm³/mol. The number of aliphatic hydroxyl groups excluding tert-OH is 1. The van der Waals surface area contributed by atoms with Crippen molar-refractivity contribution < 1.29 is 41.0 Å². The molecule has 1 aromatic rings. The van der Waals surface area contributed by atoms with Gasteiger partial charge in [-0.2, -0.15) is 26.3 Å². The standard InChI is InChI=1S/C15H13F6NO3/c1-2-25-13(24)11(12(23)15(19,20)21)10(22)7-8-4-3-5-9(6-8)14(16,17)18/h3-6,22-23H,2,7H2,1H3. The summed E-state index contributed by atoms with van der Waals surface area (Å²) >= 11 is 0. The van der Waals surface area contributed by atoms with E-state index in [-0.39, 0.29) is 12.2 Å². The molecule has 0 aliphatic rings. The molecular formula is C15H13F6NO3. The normalized spacial score (nSPS) is 13.2. The summed E-state index contributed by atoms with van der Waals surface area (Å²) in [5, 5.41) is 16.8. The fourth-order valence-electron chi connectivity index (χ4n) is 1.86. The van der Waals surface area contributed by atoms with Gasteiger partial charge in [-0.15, -0.1) is 0 Å². The Morgan fingerprint density at radius 2 is 1.80 bits per heavy atom.